The minimum atomic E-state index is -3.79. The highest BCUT2D eigenvalue weighted by atomic mass is 32.2. The van der Waals surface area contributed by atoms with Crippen LogP contribution in [0.5, 0.6) is 17.2 Å². The molecule has 3 atom stereocenters. The Balaban J connectivity index is 1.10. The van der Waals surface area contributed by atoms with Crippen LogP contribution in [0.25, 0.3) is 0 Å². The van der Waals surface area contributed by atoms with Crippen molar-refractivity contribution in [3.05, 3.63) is 120 Å². The van der Waals surface area contributed by atoms with Crippen molar-refractivity contribution >= 4 is 33.2 Å². The van der Waals surface area contributed by atoms with E-state index in [0.717, 1.165) is 40.7 Å². The number of fused-ring (bicyclic) bond motifs is 3. The van der Waals surface area contributed by atoms with Crippen molar-refractivity contribution < 1.29 is 17.9 Å². The van der Waals surface area contributed by atoms with E-state index in [2.05, 4.69) is 40.4 Å². The predicted octanol–water partition coefficient (Wildman–Crippen LogP) is 7.60. The number of hydrogen-bond donors (Lipinski definition) is 2. The van der Waals surface area contributed by atoms with Gasteiger partial charge < -0.3 is 14.8 Å². The maximum Gasteiger partial charge on any atom is 0.261 e. The average molecular weight is 583 g/mol. The fourth-order valence-corrected chi connectivity index (χ4v) is 7.41. The highest BCUT2D eigenvalue weighted by Gasteiger charge is 2.38. The standard InChI is InChI=1S/C33H30N2O4S2/c36-41(37,35-23-12-14-25(15-13-23)38-24-7-2-1-3-8-24)28-16-17-32-31(19-28)29-10-5-11-30(29)33(34-32)22-6-4-9-26(18-22)39-27-20-40-21-27/h1-10,12-19,27,29-30,33-35H,11,20-21H2/t29-,30+,33+/m0/s1. The van der Waals surface area contributed by atoms with Crippen molar-refractivity contribution in [3.63, 3.8) is 0 Å². The van der Waals surface area contributed by atoms with Crippen molar-refractivity contribution in [2.75, 3.05) is 21.5 Å². The van der Waals surface area contributed by atoms with Crippen LogP contribution in [0.4, 0.5) is 11.4 Å². The Morgan fingerprint density at radius 1 is 0.829 bits per heavy atom. The number of thioether (sulfide) groups is 1. The number of allylic oxidation sites excluding steroid dienone is 2. The Morgan fingerprint density at radius 2 is 1.61 bits per heavy atom. The van der Waals surface area contributed by atoms with Gasteiger partial charge in [0.1, 0.15) is 23.4 Å². The Morgan fingerprint density at radius 3 is 2.39 bits per heavy atom. The van der Waals surface area contributed by atoms with E-state index in [0.29, 0.717) is 23.5 Å². The topological polar surface area (TPSA) is 76.7 Å². The lowest BCUT2D eigenvalue weighted by atomic mass is 9.77. The molecule has 4 aromatic carbocycles. The number of rotatable bonds is 8. The van der Waals surface area contributed by atoms with Crippen molar-refractivity contribution in [1.82, 2.24) is 0 Å². The smallest absolute Gasteiger partial charge is 0.261 e. The number of ether oxygens (including phenoxy) is 2. The summed E-state index contributed by atoms with van der Waals surface area (Å²) in [5.74, 6) is 4.78. The second-order valence-corrected chi connectivity index (χ2v) is 13.4. The summed E-state index contributed by atoms with van der Waals surface area (Å²) in [5.41, 5.74) is 3.64. The summed E-state index contributed by atoms with van der Waals surface area (Å²) < 4.78 is 41.5. The molecule has 41 heavy (non-hydrogen) atoms. The quantitative estimate of drug-likeness (QED) is 0.208. The SMILES string of the molecule is O=S(=O)(Nc1ccc(Oc2ccccc2)cc1)c1ccc2c(c1)[C@H]1C=CC[C@H]1[C@@H](c1cccc(OC3CSC3)c1)N2. The van der Waals surface area contributed by atoms with Crippen LogP contribution >= 0.6 is 11.8 Å². The first-order valence-electron chi connectivity index (χ1n) is 13.8. The van der Waals surface area contributed by atoms with Gasteiger partial charge in [0.05, 0.1) is 10.9 Å². The van der Waals surface area contributed by atoms with Crippen LogP contribution in [0.2, 0.25) is 0 Å². The van der Waals surface area contributed by atoms with Gasteiger partial charge in [-0.2, -0.15) is 11.8 Å². The molecular formula is C33H30N2O4S2. The van der Waals surface area contributed by atoms with E-state index in [-0.39, 0.29) is 16.9 Å². The van der Waals surface area contributed by atoms with E-state index in [1.54, 1.807) is 30.3 Å². The van der Waals surface area contributed by atoms with E-state index >= 15 is 0 Å². The van der Waals surface area contributed by atoms with E-state index in [4.69, 9.17) is 9.47 Å². The minimum Gasteiger partial charge on any atom is -0.489 e. The van der Waals surface area contributed by atoms with Gasteiger partial charge in [-0.15, -0.1) is 0 Å². The van der Waals surface area contributed by atoms with Crippen molar-refractivity contribution in [2.45, 2.75) is 29.4 Å². The third-order valence-corrected chi connectivity index (χ3v) is 10.5. The molecule has 1 fully saturated rings. The minimum absolute atomic E-state index is 0.110. The molecule has 0 unspecified atom stereocenters. The summed E-state index contributed by atoms with van der Waals surface area (Å²) in [6, 6.07) is 30.3. The molecular weight excluding hydrogens is 553 g/mol. The number of anilines is 2. The van der Waals surface area contributed by atoms with Crippen LogP contribution < -0.4 is 19.5 Å². The van der Waals surface area contributed by atoms with Gasteiger partial charge in [0.2, 0.25) is 0 Å². The molecule has 3 aliphatic rings. The summed E-state index contributed by atoms with van der Waals surface area (Å²) in [6.45, 7) is 0. The molecule has 0 radical (unpaired) electrons. The second kappa shape index (κ2) is 10.8. The lowest BCUT2D eigenvalue weighted by Crippen LogP contribution is -2.31. The zero-order valence-corrected chi connectivity index (χ0v) is 23.9. The van der Waals surface area contributed by atoms with Crippen LogP contribution in [0.1, 0.15) is 29.5 Å². The Kier molecular flexibility index (Phi) is 6.88. The molecule has 0 spiro atoms. The fourth-order valence-electron chi connectivity index (χ4n) is 5.76. The van der Waals surface area contributed by atoms with Crippen molar-refractivity contribution in [1.29, 1.82) is 0 Å². The zero-order valence-electron chi connectivity index (χ0n) is 22.3. The Bertz CT molecular complexity index is 1690. The zero-order chi connectivity index (χ0) is 27.8. The summed E-state index contributed by atoms with van der Waals surface area (Å²) in [6.07, 6.45) is 5.66. The largest absolute Gasteiger partial charge is 0.489 e. The molecule has 0 amide bonds. The lowest BCUT2D eigenvalue weighted by molar-refractivity contribution is 0.240. The van der Waals surface area contributed by atoms with Crippen molar-refractivity contribution in [3.8, 4) is 17.2 Å². The van der Waals surface area contributed by atoms with Gasteiger partial charge in [-0.25, -0.2) is 8.42 Å². The van der Waals surface area contributed by atoms with Gasteiger partial charge in [-0.3, -0.25) is 4.72 Å². The molecule has 2 N–H and O–H groups in total. The van der Waals surface area contributed by atoms with Gasteiger partial charge in [0.15, 0.2) is 0 Å². The van der Waals surface area contributed by atoms with E-state index in [1.807, 2.05) is 60.3 Å². The number of sulfonamides is 1. The first-order valence-corrected chi connectivity index (χ1v) is 16.4. The van der Waals surface area contributed by atoms with Crippen LogP contribution in [0.3, 0.4) is 0 Å². The van der Waals surface area contributed by atoms with E-state index in [9.17, 15) is 8.42 Å². The maximum atomic E-state index is 13.4. The average Bonchev–Trinajstić information content (AvgIpc) is 3.47. The Labute approximate surface area is 244 Å². The first kappa shape index (κ1) is 26.0. The highest BCUT2D eigenvalue weighted by Crippen LogP contribution is 2.50. The molecule has 7 rings (SSSR count). The third-order valence-electron chi connectivity index (χ3n) is 7.86. The van der Waals surface area contributed by atoms with Gasteiger partial charge in [0, 0.05) is 28.8 Å². The molecule has 8 heteroatoms. The predicted molar refractivity (Wildman–Crippen MR) is 165 cm³/mol. The molecule has 1 aliphatic carbocycles. The number of para-hydroxylation sites is 1. The van der Waals surface area contributed by atoms with E-state index < -0.39 is 10.0 Å². The molecule has 2 heterocycles. The first-order chi connectivity index (χ1) is 20.0. The van der Waals surface area contributed by atoms with Gasteiger partial charge in [0.25, 0.3) is 10.0 Å². The molecule has 4 aromatic rings. The van der Waals surface area contributed by atoms with Gasteiger partial charge in [-0.1, -0.05) is 42.5 Å². The molecule has 1 saturated heterocycles. The molecule has 0 saturated carbocycles. The summed E-state index contributed by atoms with van der Waals surface area (Å²) in [5, 5.41) is 3.72. The molecule has 0 aromatic heterocycles. The number of nitrogens with one attached hydrogen (secondary N) is 2. The fraction of sp³-hybridized carbons (Fsp3) is 0.212. The van der Waals surface area contributed by atoms with Crippen LogP contribution in [0, 0.1) is 5.92 Å². The number of hydrogen-bond acceptors (Lipinski definition) is 6. The van der Waals surface area contributed by atoms with Crippen molar-refractivity contribution in [2.24, 2.45) is 5.92 Å². The lowest BCUT2D eigenvalue weighted by Gasteiger charge is -2.38. The van der Waals surface area contributed by atoms with Crippen LogP contribution in [-0.2, 0) is 10.0 Å². The van der Waals surface area contributed by atoms with E-state index in [1.165, 1.54) is 5.56 Å². The highest BCUT2D eigenvalue weighted by molar-refractivity contribution is 8.00. The monoisotopic (exact) mass is 582 g/mol. The van der Waals surface area contributed by atoms with Crippen LogP contribution in [-0.4, -0.2) is 26.0 Å². The Hall–Kier alpha value is -3.88. The molecule has 2 aliphatic heterocycles. The summed E-state index contributed by atoms with van der Waals surface area (Å²) >= 11 is 1.91. The van der Waals surface area contributed by atoms with Gasteiger partial charge >= 0.3 is 0 Å². The summed E-state index contributed by atoms with van der Waals surface area (Å²) in [7, 11) is -3.79. The summed E-state index contributed by atoms with van der Waals surface area (Å²) in [4.78, 5) is 0.244. The molecule has 6 nitrogen and oxygen atoms in total. The maximum absolute atomic E-state index is 13.4. The molecule has 208 valence electrons. The van der Waals surface area contributed by atoms with Crippen LogP contribution in [0.15, 0.2) is 114 Å². The number of benzene rings is 4. The normalized spacial score (nSPS) is 21.2. The van der Waals surface area contributed by atoms with Gasteiger partial charge in [-0.05, 0) is 90.2 Å². The molecule has 0 bridgehead atoms. The second-order valence-electron chi connectivity index (χ2n) is 10.6. The third kappa shape index (κ3) is 5.42.